The van der Waals surface area contributed by atoms with Gasteiger partial charge in [-0.25, -0.2) is 0 Å². The topological polar surface area (TPSA) is 104 Å². The van der Waals surface area contributed by atoms with Gasteiger partial charge >= 0.3 is 5.97 Å². The second kappa shape index (κ2) is 8.44. The normalized spacial score (nSPS) is 11.6. The summed E-state index contributed by atoms with van der Waals surface area (Å²) in [5.74, 6) is -1.08. The molecule has 2 aromatic carbocycles. The maximum Gasteiger partial charge on any atom is 0.326 e. The van der Waals surface area contributed by atoms with Gasteiger partial charge in [-0.1, -0.05) is 33.3 Å². The summed E-state index contributed by atoms with van der Waals surface area (Å²) < 4.78 is 8.28. The third-order valence-corrected chi connectivity index (χ3v) is 5.27. The van der Waals surface area contributed by atoms with Gasteiger partial charge in [-0.2, -0.15) is 4.99 Å². The summed E-state index contributed by atoms with van der Waals surface area (Å²) in [5.41, 5.74) is 0.628. The zero-order valence-corrected chi connectivity index (χ0v) is 17.0. The number of nitrogens with zero attached hydrogens (tertiary/aromatic N) is 3. The molecule has 28 heavy (non-hydrogen) atoms. The van der Waals surface area contributed by atoms with Gasteiger partial charge in [-0.15, -0.1) is 0 Å². The molecule has 0 saturated heterocycles. The van der Waals surface area contributed by atoms with Crippen molar-refractivity contribution < 1.29 is 19.2 Å². The fraction of sp³-hybridized carbons (Fsp3) is 0.167. The minimum Gasteiger partial charge on any atom is -0.465 e. The monoisotopic (exact) mass is 463 g/mol. The van der Waals surface area contributed by atoms with Gasteiger partial charge in [0.15, 0.2) is 4.80 Å². The van der Waals surface area contributed by atoms with Crippen LogP contribution in [-0.2, 0) is 16.1 Å². The maximum absolute atomic E-state index is 12.6. The van der Waals surface area contributed by atoms with Crippen molar-refractivity contribution in [3.8, 4) is 0 Å². The number of non-ortho nitro benzene ring substituents is 1. The Kier molecular flexibility index (Phi) is 6.00. The molecule has 3 rings (SSSR count). The Morgan fingerprint density at radius 1 is 1.29 bits per heavy atom. The first kappa shape index (κ1) is 19.9. The molecule has 0 radical (unpaired) electrons. The van der Waals surface area contributed by atoms with Crippen molar-refractivity contribution in [3.63, 3.8) is 0 Å². The van der Waals surface area contributed by atoms with Crippen molar-refractivity contribution in [3.05, 3.63) is 67.4 Å². The molecular weight excluding hydrogens is 450 g/mol. The van der Waals surface area contributed by atoms with Crippen molar-refractivity contribution >= 4 is 55.0 Å². The lowest BCUT2D eigenvalue weighted by Crippen LogP contribution is -2.23. The zero-order valence-electron chi connectivity index (χ0n) is 14.6. The molecule has 0 atom stereocenters. The molecule has 0 unspecified atom stereocenters. The van der Waals surface area contributed by atoms with E-state index in [1.165, 1.54) is 35.6 Å². The number of ether oxygens (including phenoxy) is 1. The van der Waals surface area contributed by atoms with Crippen LogP contribution in [0.3, 0.4) is 0 Å². The predicted octanol–water partition coefficient (Wildman–Crippen LogP) is 3.68. The molecule has 0 aliphatic carbocycles. The number of esters is 1. The molecule has 1 amide bonds. The van der Waals surface area contributed by atoms with Gasteiger partial charge in [-0.3, -0.25) is 19.7 Å². The lowest BCUT2D eigenvalue weighted by atomic mass is 10.2. The third-order valence-electron chi connectivity index (χ3n) is 3.74. The lowest BCUT2D eigenvalue weighted by Gasteiger charge is -2.05. The molecule has 144 valence electrons. The van der Waals surface area contributed by atoms with Crippen LogP contribution in [0.5, 0.6) is 0 Å². The summed E-state index contributed by atoms with van der Waals surface area (Å²) in [4.78, 5) is 39.3. The first-order valence-corrected chi connectivity index (χ1v) is 9.78. The Morgan fingerprint density at radius 2 is 2.07 bits per heavy atom. The molecule has 0 N–H and O–H groups in total. The molecule has 1 aromatic heterocycles. The molecule has 0 aliphatic heterocycles. The average Bonchev–Trinajstić information content (AvgIpc) is 2.98. The van der Waals surface area contributed by atoms with E-state index in [9.17, 15) is 19.7 Å². The number of nitro groups is 1. The van der Waals surface area contributed by atoms with Crippen molar-refractivity contribution in [2.24, 2.45) is 4.99 Å². The minimum absolute atomic E-state index is 0.0931. The second-order valence-corrected chi connectivity index (χ2v) is 7.54. The molecule has 10 heteroatoms. The Morgan fingerprint density at radius 3 is 2.79 bits per heavy atom. The number of rotatable bonds is 5. The number of amides is 1. The van der Waals surface area contributed by atoms with Crippen LogP contribution in [0.2, 0.25) is 0 Å². The number of fused-ring (bicyclic) bond motifs is 1. The van der Waals surface area contributed by atoms with E-state index in [0.29, 0.717) is 4.80 Å². The highest BCUT2D eigenvalue weighted by molar-refractivity contribution is 9.10. The second-order valence-electron chi connectivity index (χ2n) is 5.61. The predicted molar refractivity (Wildman–Crippen MR) is 107 cm³/mol. The van der Waals surface area contributed by atoms with Crippen LogP contribution < -0.4 is 4.80 Å². The largest absolute Gasteiger partial charge is 0.465 e. The molecule has 0 bridgehead atoms. The first-order valence-electron chi connectivity index (χ1n) is 8.17. The van der Waals surface area contributed by atoms with E-state index >= 15 is 0 Å². The minimum atomic E-state index is -0.632. The molecule has 0 fully saturated rings. The quantitative estimate of drug-likeness (QED) is 0.326. The highest BCUT2D eigenvalue weighted by Gasteiger charge is 2.15. The SMILES string of the molecule is CCOC(=O)Cn1c(=NC(=O)c2cccc([N+](=O)[O-])c2)sc2cc(Br)ccc21. The van der Waals surface area contributed by atoms with Crippen LogP contribution >= 0.6 is 27.3 Å². The molecule has 8 nitrogen and oxygen atoms in total. The van der Waals surface area contributed by atoms with Crippen LogP contribution in [0.25, 0.3) is 10.2 Å². The molecule has 0 saturated carbocycles. The number of carbonyl (C=O) groups excluding carboxylic acids is 2. The van der Waals surface area contributed by atoms with Gasteiger partial charge < -0.3 is 9.30 Å². The average molecular weight is 464 g/mol. The number of halogens is 1. The number of aromatic nitrogens is 1. The van der Waals surface area contributed by atoms with Crippen LogP contribution in [0.4, 0.5) is 5.69 Å². The van der Waals surface area contributed by atoms with Gasteiger partial charge in [0.25, 0.3) is 11.6 Å². The van der Waals surface area contributed by atoms with Crippen LogP contribution in [0.15, 0.2) is 51.9 Å². The molecular formula is C18H14BrN3O5S. The number of thiazole rings is 1. The summed E-state index contributed by atoms with van der Waals surface area (Å²) in [6.45, 7) is 1.85. The Balaban J connectivity index is 2.10. The Labute approximate surface area is 171 Å². The third kappa shape index (κ3) is 4.34. The summed E-state index contributed by atoms with van der Waals surface area (Å²) in [6.07, 6.45) is 0. The van der Waals surface area contributed by atoms with Gasteiger partial charge in [0.05, 0.1) is 21.7 Å². The van der Waals surface area contributed by atoms with E-state index in [1.807, 2.05) is 18.2 Å². The summed E-state index contributed by atoms with van der Waals surface area (Å²) >= 11 is 4.63. The van der Waals surface area contributed by atoms with E-state index in [2.05, 4.69) is 20.9 Å². The number of nitro benzene ring substituents is 1. The standard InChI is InChI=1S/C18H14BrN3O5S/c1-2-27-16(23)10-21-14-7-6-12(19)9-15(14)28-18(21)20-17(24)11-4-3-5-13(8-11)22(25)26/h3-9H,2,10H2,1H3. The van der Waals surface area contributed by atoms with Crippen molar-refractivity contribution in [2.45, 2.75) is 13.5 Å². The van der Waals surface area contributed by atoms with Crippen LogP contribution in [-0.4, -0.2) is 28.0 Å². The van der Waals surface area contributed by atoms with E-state index in [-0.39, 0.29) is 24.4 Å². The number of benzene rings is 2. The molecule has 3 aromatic rings. The summed E-state index contributed by atoms with van der Waals surface area (Å²) in [6, 6.07) is 10.8. The fourth-order valence-corrected chi connectivity index (χ4v) is 4.10. The van der Waals surface area contributed by atoms with Gasteiger partial charge in [0, 0.05) is 22.2 Å². The highest BCUT2D eigenvalue weighted by atomic mass is 79.9. The Bertz CT molecular complexity index is 1150. The fourth-order valence-electron chi connectivity index (χ4n) is 2.52. The smallest absolute Gasteiger partial charge is 0.326 e. The first-order chi connectivity index (χ1) is 13.4. The molecule has 0 spiro atoms. The summed E-state index contributed by atoms with van der Waals surface area (Å²) in [5, 5.41) is 10.9. The number of hydrogen-bond donors (Lipinski definition) is 0. The molecule has 0 aliphatic rings. The van der Waals surface area contributed by atoms with Gasteiger partial charge in [-0.05, 0) is 31.2 Å². The van der Waals surface area contributed by atoms with Crippen molar-refractivity contribution in [2.75, 3.05) is 6.61 Å². The van der Waals surface area contributed by atoms with Gasteiger partial charge in [0.1, 0.15) is 6.54 Å². The lowest BCUT2D eigenvalue weighted by molar-refractivity contribution is -0.384. The van der Waals surface area contributed by atoms with Crippen molar-refractivity contribution in [1.82, 2.24) is 4.57 Å². The number of carbonyl (C=O) groups is 2. The highest BCUT2D eigenvalue weighted by Crippen LogP contribution is 2.22. The van der Waals surface area contributed by atoms with Crippen LogP contribution in [0.1, 0.15) is 17.3 Å². The maximum atomic E-state index is 12.6. The Hall–Kier alpha value is -2.85. The zero-order chi connectivity index (χ0) is 20.3. The summed E-state index contributed by atoms with van der Waals surface area (Å²) in [7, 11) is 0. The van der Waals surface area contributed by atoms with E-state index in [1.54, 1.807) is 11.5 Å². The van der Waals surface area contributed by atoms with Crippen molar-refractivity contribution in [1.29, 1.82) is 0 Å². The van der Waals surface area contributed by atoms with E-state index < -0.39 is 16.8 Å². The van der Waals surface area contributed by atoms with Gasteiger partial charge in [0.2, 0.25) is 0 Å². The van der Waals surface area contributed by atoms with Crippen LogP contribution in [0, 0.1) is 10.1 Å². The van der Waals surface area contributed by atoms with E-state index in [0.717, 1.165) is 14.7 Å². The number of hydrogen-bond acceptors (Lipinski definition) is 6. The molecule has 1 heterocycles. The van der Waals surface area contributed by atoms with E-state index in [4.69, 9.17) is 4.74 Å².